The summed E-state index contributed by atoms with van der Waals surface area (Å²) in [5.74, 6) is -0.274. The van der Waals surface area contributed by atoms with Gasteiger partial charge in [-0.1, -0.05) is 18.2 Å². The maximum Gasteiger partial charge on any atom is 0.307 e. The second kappa shape index (κ2) is 9.64. The molecule has 0 bridgehead atoms. The number of nitrogens with one attached hydrogen (secondary N) is 1. The fourth-order valence-electron chi connectivity index (χ4n) is 3.16. The van der Waals surface area contributed by atoms with E-state index in [1.54, 1.807) is 7.05 Å². The zero-order chi connectivity index (χ0) is 20.0. The van der Waals surface area contributed by atoms with E-state index in [0.29, 0.717) is 12.2 Å². The fourth-order valence-corrected chi connectivity index (χ4v) is 3.72. The minimum absolute atomic E-state index is 0.124. The number of carbonyl (C=O) groups excluding carboxylic acids is 3. The smallest absolute Gasteiger partial charge is 0.307 e. The number of benzene rings is 1. The molecule has 1 heterocycles. The van der Waals surface area contributed by atoms with E-state index >= 15 is 0 Å². The van der Waals surface area contributed by atoms with Crippen molar-refractivity contribution in [2.75, 3.05) is 44.7 Å². The van der Waals surface area contributed by atoms with Gasteiger partial charge in [0.15, 0.2) is 0 Å². The number of ether oxygens (including phenoxy) is 1. The number of hydrogen-bond donors (Lipinski definition) is 1. The molecule has 148 valence electrons. The van der Waals surface area contributed by atoms with E-state index in [1.165, 1.54) is 23.8 Å². The first kappa shape index (κ1) is 21.1. The van der Waals surface area contributed by atoms with E-state index in [-0.39, 0.29) is 36.8 Å². The van der Waals surface area contributed by atoms with E-state index in [1.807, 2.05) is 42.5 Å². The molecule has 27 heavy (non-hydrogen) atoms. The number of esters is 1. The van der Waals surface area contributed by atoms with Gasteiger partial charge in [0, 0.05) is 38.5 Å². The summed E-state index contributed by atoms with van der Waals surface area (Å²) in [4.78, 5) is 40.3. The quantitative estimate of drug-likeness (QED) is 0.662. The number of amides is 2. The standard InChI is InChI=1S/C19H27N3O4S/c1-21(10-9-17(23)26-3)19(25)14(12-27-4)20-18(24)16-11-13-7-5-6-8-15(13)22(16)2/h5-8,14,16H,9-12H2,1-4H3,(H,20,24). The molecule has 0 aliphatic carbocycles. The molecule has 0 fully saturated rings. The summed E-state index contributed by atoms with van der Waals surface area (Å²) in [6, 6.07) is 6.96. The van der Waals surface area contributed by atoms with Crippen LogP contribution in [0, 0.1) is 0 Å². The van der Waals surface area contributed by atoms with Crippen LogP contribution in [-0.4, -0.2) is 74.5 Å². The molecule has 7 nitrogen and oxygen atoms in total. The molecule has 1 aliphatic heterocycles. The summed E-state index contributed by atoms with van der Waals surface area (Å²) in [7, 11) is 4.84. The van der Waals surface area contributed by atoms with Crippen molar-refractivity contribution in [2.45, 2.75) is 24.9 Å². The van der Waals surface area contributed by atoms with E-state index < -0.39 is 6.04 Å². The largest absolute Gasteiger partial charge is 0.469 e. The first-order valence-electron chi connectivity index (χ1n) is 8.80. The van der Waals surface area contributed by atoms with Gasteiger partial charge in [-0.2, -0.15) is 11.8 Å². The molecule has 1 N–H and O–H groups in total. The molecule has 0 saturated heterocycles. The molecule has 0 radical (unpaired) electrons. The van der Waals surface area contributed by atoms with Crippen molar-refractivity contribution in [3.05, 3.63) is 29.8 Å². The molecule has 1 aliphatic rings. The van der Waals surface area contributed by atoms with Crippen molar-refractivity contribution in [1.82, 2.24) is 10.2 Å². The highest BCUT2D eigenvalue weighted by Crippen LogP contribution is 2.30. The third-order valence-corrected chi connectivity index (χ3v) is 5.42. The normalized spacial score (nSPS) is 16.4. The van der Waals surface area contributed by atoms with Gasteiger partial charge in [0.25, 0.3) is 0 Å². The average Bonchev–Trinajstić information content (AvgIpc) is 3.01. The van der Waals surface area contributed by atoms with Gasteiger partial charge in [-0.15, -0.1) is 0 Å². The van der Waals surface area contributed by atoms with Crippen LogP contribution in [0.15, 0.2) is 24.3 Å². The lowest BCUT2D eigenvalue weighted by Gasteiger charge is -2.27. The van der Waals surface area contributed by atoms with Crippen molar-refractivity contribution >= 4 is 35.2 Å². The number of para-hydroxylation sites is 1. The first-order chi connectivity index (χ1) is 12.9. The van der Waals surface area contributed by atoms with Gasteiger partial charge in [-0.05, 0) is 17.9 Å². The summed E-state index contributed by atoms with van der Waals surface area (Å²) in [6.45, 7) is 0.251. The summed E-state index contributed by atoms with van der Waals surface area (Å²) >= 11 is 1.49. The van der Waals surface area contributed by atoms with Crippen LogP contribution in [0.2, 0.25) is 0 Å². The van der Waals surface area contributed by atoms with Crippen LogP contribution in [0.3, 0.4) is 0 Å². The Morgan fingerprint density at radius 1 is 1.37 bits per heavy atom. The molecule has 1 aromatic carbocycles. The molecule has 2 rings (SSSR count). The molecule has 0 aromatic heterocycles. The molecule has 2 atom stereocenters. The van der Waals surface area contributed by atoms with Gasteiger partial charge in [0.2, 0.25) is 11.8 Å². The van der Waals surface area contributed by atoms with Crippen molar-refractivity contribution in [2.24, 2.45) is 0 Å². The van der Waals surface area contributed by atoms with Crippen molar-refractivity contribution in [3.8, 4) is 0 Å². The summed E-state index contributed by atoms with van der Waals surface area (Å²) in [6.07, 6.45) is 2.63. The SMILES string of the molecule is COC(=O)CCN(C)C(=O)C(CSC)NC(=O)C1Cc2ccccc2N1C. The Kier molecular flexibility index (Phi) is 7.53. The van der Waals surface area contributed by atoms with Gasteiger partial charge in [0.05, 0.1) is 13.5 Å². The van der Waals surface area contributed by atoms with E-state index in [4.69, 9.17) is 0 Å². The maximum atomic E-state index is 12.8. The number of rotatable bonds is 8. The van der Waals surface area contributed by atoms with Crippen LogP contribution in [-0.2, 0) is 25.5 Å². The van der Waals surface area contributed by atoms with Crippen molar-refractivity contribution in [1.29, 1.82) is 0 Å². The lowest BCUT2D eigenvalue weighted by atomic mass is 10.1. The molecule has 2 unspecified atom stereocenters. The molecule has 1 aromatic rings. The Bertz CT molecular complexity index is 697. The molecule has 0 spiro atoms. The van der Waals surface area contributed by atoms with Crippen LogP contribution < -0.4 is 10.2 Å². The number of methoxy groups -OCH3 is 1. The topological polar surface area (TPSA) is 79.0 Å². The Balaban J connectivity index is 2.00. The van der Waals surface area contributed by atoms with Gasteiger partial charge < -0.3 is 19.9 Å². The monoisotopic (exact) mass is 393 g/mol. The van der Waals surface area contributed by atoms with Crippen molar-refractivity contribution in [3.63, 3.8) is 0 Å². The first-order valence-corrected chi connectivity index (χ1v) is 10.2. The van der Waals surface area contributed by atoms with Gasteiger partial charge in [-0.25, -0.2) is 0 Å². The number of carbonyl (C=O) groups is 3. The average molecular weight is 394 g/mol. The summed E-state index contributed by atoms with van der Waals surface area (Å²) < 4.78 is 4.61. The lowest BCUT2D eigenvalue weighted by Crippen LogP contribution is -2.54. The zero-order valence-electron chi connectivity index (χ0n) is 16.2. The highest BCUT2D eigenvalue weighted by Gasteiger charge is 2.34. The fraction of sp³-hybridized carbons (Fsp3) is 0.526. The predicted octanol–water partition coefficient (Wildman–Crippen LogP) is 0.917. The second-order valence-electron chi connectivity index (χ2n) is 6.56. The minimum Gasteiger partial charge on any atom is -0.469 e. The van der Waals surface area contributed by atoms with Crippen molar-refractivity contribution < 1.29 is 19.1 Å². The van der Waals surface area contributed by atoms with Crippen LogP contribution in [0.4, 0.5) is 5.69 Å². The minimum atomic E-state index is -0.632. The molecular weight excluding hydrogens is 366 g/mol. The van der Waals surface area contributed by atoms with Crippen LogP contribution in [0.25, 0.3) is 0 Å². The Hall–Kier alpha value is -2.22. The highest BCUT2D eigenvalue weighted by molar-refractivity contribution is 7.98. The molecule has 0 saturated carbocycles. The van der Waals surface area contributed by atoms with Crippen LogP contribution in [0.5, 0.6) is 0 Å². The van der Waals surface area contributed by atoms with Gasteiger partial charge in [0.1, 0.15) is 12.1 Å². The number of fused-ring (bicyclic) bond motifs is 1. The molecular formula is C19H27N3O4S. The summed E-state index contributed by atoms with van der Waals surface area (Å²) in [5, 5.41) is 2.90. The highest BCUT2D eigenvalue weighted by atomic mass is 32.2. The number of likely N-dealkylation sites (N-methyl/N-ethyl adjacent to an activating group) is 2. The number of nitrogens with zero attached hydrogens (tertiary/aromatic N) is 2. The number of anilines is 1. The third-order valence-electron chi connectivity index (χ3n) is 4.76. The zero-order valence-corrected chi connectivity index (χ0v) is 17.0. The number of hydrogen-bond acceptors (Lipinski definition) is 6. The van der Waals surface area contributed by atoms with Crippen LogP contribution in [0.1, 0.15) is 12.0 Å². The lowest BCUT2D eigenvalue weighted by molar-refractivity contribution is -0.142. The molecule has 8 heteroatoms. The Labute approximate surface area is 164 Å². The maximum absolute atomic E-state index is 12.8. The summed E-state index contributed by atoms with van der Waals surface area (Å²) in [5.41, 5.74) is 2.17. The third kappa shape index (κ3) is 5.15. The van der Waals surface area contributed by atoms with Crippen LogP contribution >= 0.6 is 11.8 Å². The van der Waals surface area contributed by atoms with E-state index in [2.05, 4.69) is 10.1 Å². The Morgan fingerprint density at radius 3 is 2.70 bits per heavy atom. The predicted molar refractivity (Wildman–Crippen MR) is 107 cm³/mol. The van der Waals surface area contributed by atoms with E-state index in [0.717, 1.165) is 11.3 Å². The number of thioether (sulfide) groups is 1. The van der Waals surface area contributed by atoms with Gasteiger partial charge >= 0.3 is 5.97 Å². The second-order valence-corrected chi connectivity index (χ2v) is 7.47. The Morgan fingerprint density at radius 2 is 2.07 bits per heavy atom. The molecule has 2 amide bonds. The van der Waals surface area contributed by atoms with E-state index in [9.17, 15) is 14.4 Å². The van der Waals surface area contributed by atoms with Gasteiger partial charge in [-0.3, -0.25) is 14.4 Å².